The molecule has 31 nitrogen and oxygen atoms in total. The third-order valence-electron chi connectivity index (χ3n) is 14.0. The van der Waals surface area contributed by atoms with Crippen LogP contribution in [0.25, 0.3) is 0 Å². The van der Waals surface area contributed by atoms with Crippen molar-refractivity contribution in [3.05, 3.63) is 54.1 Å². The molecule has 3 rings (SSSR count). The molecule has 32 heteroatoms. The van der Waals surface area contributed by atoms with E-state index >= 15 is 0 Å². The summed E-state index contributed by atoms with van der Waals surface area (Å²) in [6.45, 7) is 0.874. The first-order valence-electron chi connectivity index (χ1n) is 27.2. The zero-order valence-electron chi connectivity index (χ0n) is 47.9. The molecule has 86 heavy (non-hydrogen) atoms. The van der Waals surface area contributed by atoms with Crippen molar-refractivity contribution in [2.75, 3.05) is 91.8 Å². The zero-order valence-corrected chi connectivity index (χ0v) is 50.3. The van der Waals surface area contributed by atoms with Crippen molar-refractivity contribution in [1.29, 1.82) is 0 Å². The van der Waals surface area contributed by atoms with Crippen LogP contribution in [0.3, 0.4) is 0 Å². The van der Waals surface area contributed by atoms with Gasteiger partial charge in [-0.2, -0.15) is 0 Å². The van der Waals surface area contributed by atoms with Gasteiger partial charge in [-0.25, -0.2) is 9.78 Å². The molecule has 0 saturated carbocycles. The summed E-state index contributed by atoms with van der Waals surface area (Å²) in [7, 11) is 0. The Morgan fingerprint density at radius 3 is 1.72 bits per heavy atom. The molecule has 474 valence electrons. The normalized spacial score (nSPS) is 16.0. The molecule has 0 bridgehead atoms. The van der Waals surface area contributed by atoms with Gasteiger partial charge in [0.05, 0.1) is 62.9 Å². The Balaban J connectivity index is 0.0000241. The fourth-order valence-corrected chi connectivity index (χ4v) is 9.24. The zero-order chi connectivity index (χ0) is 61.4. The summed E-state index contributed by atoms with van der Waals surface area (Å²) >= 11 is 0. The van der Waals surface area contributed by atoms with Gasteiger partial charge in [0.2, 0.25) is 23.6 Å². The first-order valence-corrected chi connectivity index (χ1v) is 27.2. The molecule has 1 aromatic heterocycles. The molecule has 7 atom stereocenters. The molecule has 1 fully saturated rings. The van der Waals surface area contributed by atoms with E-state index in [0.29, 0.717) is 37.2 Å². The van der Waals surface area contributed by atoms with Crippen molar-refractivity contribution in [2.45, 2.75) is 95.3 Å². The van der Waals surface area contributed by atoms with Gasteiger partial charge in [0.1, 0.15) is 36.5 Å². The van der Waals surface area contributed by atoms with E-state index in [2.05, 4.69) is 31.2 Å². The number of nitrogens with one attached hydrogen (secondary N) is 5. The minimum absolute atomic E-state index is 0. The fourth-order valence-electron chi connectivity index (χ4n) is 9.24. The number of aliphatic hydroxyl groups excluding tert-OH is 2. The Morgan fingerprint density at radius 1 is 0.663 bits per heavy atom. The predicted octanol–water partition coefficient (Wildman–Crippen LogP) is -5.30. The van der Waals surface area contributed by atoms with E-state index < -0.39 is 152 Å². The second kappa shape index (κ2) is 42.6. The SMILES string of the molecule is C[C@H](NC(=O)[C@H](CC(=O)O)CC(=O)CCCNC(=O)CCC(C(=O)O)N1CCN(CC=O)CCN(CC=O)CCN(CC(=O)[O-])CC1)C(=O)C[C@@H](Cc1cnc[nH]1)C(=O)N[C@@H](CO)C(=O)C[C@@H](Cc1ccccc1)C(=O)N[C@@H](CO)C(=O)O.[Ga+3].[OH-].[OH-]. The number of aromatic nitrogens is 2. The number of Topliss-reactive ketones (excluding diaryl/α,β-unsaturated/α-hetero) is 3. The van der Waals surface area contributed by atoms with Crippen LogP contribution in [0, 0.1) is 17.8 Å². The Labute approximate surface area is 509 Å². The van der Waals surface area contributed by atoms with E-state index in [1.165, 1.54) is 19.4 Å². The van der Waals surface area contributed by atoms with Crippen LogP contribution in [0.2, 0.25) is 0 Å². The molecule has 1 aromatic carbocycles. The maximum Gasteiger partial charge on any atom is 3.00 e. The molecule has 1 aliphatic heterocycles. The van der Waals surface area contributed by atoms with Gasteiger partial charge in [-0.3, -0.25) is 62.8 Å². The van der Waals surface area contributed by atoms with Crippen molar-refractivity contribution in [2.24, 2.45) is 17.8 Å². The minimum Gasteiger partial charge on any atom is -0.870 e. The number of benzene rings is 1. The average Bonchev–Trinajstić information content (AvgIpc) is 3.50. The van der Waals surface area contributed by atoms with Gasteiger partial charge in [0, 0.05) is 122 Å². The van der Waals surface area contributed by atoms with Crippen LogP contribution < -0.4 is 26.4 Å². The number of carbonyl (C=O) groups is 13. The number of carboxylic acid groups (broad SMARTS) is 4. The molecule has 12 N–H and O–H groups in total. The van der Waals surface area contributed by atoms with Crippen molar-refractivity contribution >= 4 is 97.2 Å². The number of aromatic amines is 1. The summed E-state index contributed by atoms with van der Waals surface area (Å²) in [4.78, 5) is 178. The maximum atomic E-state index is 13.9. The van der Waals surface area contributed by atoms with E-state index in [1.54, 1.807) is 45.0 Å². The largest absolute Gasteiger partial charge is 3.00 e. The Kier molecular flexibility index (Phi) is 39.1. The summed E-state index contributed by atoms with van der Waals surface area (Å²) in [6.07, 6.45) is 0.741. The number of hydrogen-bond donors (Lipinski definition) is 10. The van der Waals surface area contributed by atoms with E-state index in [9.17, 15) is 93.0 Å². The van der Waals surface area contributed by atoms with E-state index in [4.69, 9.17) is 0 Å². The number of aliphatic carboxylic acids is 4. The molecule has 0 aliphatic carbocycles. The van der Waals surface area contributed by atoms with E-state index in [-0.39, 0.29) is 122 Å². The van der Waals surface area contributed by atoms with Gasteiger partial charge in [-0.05, 0) is 31.7 Å². The minimum atomic E-state index is -1.68. The molecule has 2 heterocycles. The van der Waals surface area contributed by atoms with Gasteiger partial charge < -0.3 is 82.2 Å². The number of aldehydes is 2. The molecule has 1 aliphatic rings. The number of hydrogen-bond acceptors (Lipinski definition) is 23. The Morgan fingerprint density at radius 2 is 1.20 bits per heavy atom. The number of carboxylic acids is 4. The first-order chi connectivity index (χ1) is 39.6. The Bertz CT molecular complexity index is 2500. The topological polar surface area (TPSA) is 496 Å². The van der Waals surface area contributed by atoms with Crippen molar-refractivity contribution in [1.82, 2.24) is 50.8 Å². The molecule has 1 saturated heterocycles. The molecule has 0 radical (unpaired) electrons. The van der Waals surface area contributed by atoms with E-state index in [0.717, 1.165) is 6.29 Å². The van der Waals surface area contributed by atoms with Crippen LogP contribution in [0.15, 0.2) is 42.9 Å². The summed E-state index contributed by atoms with van der Waals surface area (Å²) in [5.74, 6) is -14.9. The van der Waals surface area contributed by atoms with Crippen molar-refractivity contribution < 1.29 is 104 Å². The Hall–Kier alpha value is -7.14. The second-order valence-corrected chi connectivity index (χ2v) is 20.3. The molecular formula is C54H79GaN10O21. The van der Waals surface area contributed by atoms with Gasteiger partial charge in [0.25, 0.3) is 0 Å². The number of H-pyrrole nitrogens is 1. The first kappa shape index (κ1) is 78.9. The van der Waals surface area contributed by atoms with Crippen LogP contribution >= 0.6 is 0 Å². The van der Waals surface area contributed by atoms with Crippen LogP contribution in [0.5, 0.6) is 0 Å². The summed E-state index contributed by atoms with van der Waals surface area (Å²) in [5, 5.41) is 70.3. The molecule has 1 unspecified atom stereocenters. The average molecular weight is 1270 g/mol. The van der Waals surface area contributed by atoms with Crippen molar-refractivity contribution in [3.8, 4) is 0 Å². The summed E-state index contributed by atoms with van der Waals surface area (Å²) in [5.41, 5.74) is 0.972. The number of rotatable bonds is 38. The number of carbonyl (C=O) groups excluding carboxylic acids is 10. The van der Waals surface area contributed by atoms with Gasteiger partial charge in [-0.15, -0.1) is 0 Å². The number of ketones is 3. The maximum absolute atomic E-state index is 13.9. The van der Waals surface area contributed by atoms with Gasteiger partial charge in [0.15, 0.2) is 11.6 Å². The van der Waals surface area contributed by atoms with Crippen LogP contribution in [0.1, 0.15) is 69.5 Å². The number of imidazole rings is 1. The number of amides is 4. The number of aliphatic hydroxyl groups is 2. The standard InChI is InChI=1S/C54H78N10O19.Ga.2H2O/c1-35(45(70)27-38(25-40-30-55-34-57-40)52(79)59-42(32-67)46(71)28-37(24-36-6-3-2-4-7-36)51(78)60-43(33-68)53(80)81)58-50(77)39(29-48(73)74)26-41(69)8-5-11-56-47(72)10-9-44(54(82)83)64-18-16-62(21-23-66)13-12-61(20-22-65)14-15-63(17-19-64)31-49(75)76;;;/h2-4,6-7,22-23,30,34-35,37-39,42-44,67-68H,5,8-21,24-29,31-33H2,1H3,(H,55,57)(H,56,72)(H,58,77)(H,59,79)(H,60,78)(H,73,74)(H,75,76)(H,80,81)(H,82,83);;2*1H2/q;+3;;/p-3/t35-,37+,38+,39-,42-,43-,44?;;;/m0.../s1. The van der Waals surface area contributed by atoms with Crippen molar-refractivity contribution in [3.63, 3.8) is 0 Å². The molecule has 2 aromatic rings. The molecular weight excluding hydrogens is 1190 g/mol. The summed E-state index contributed by atoms with van der Waals surface area (Å²) < 4.78 is 0. The summed E-state index contributed by atoms with van der Waals surface area (Å²) in [6, 6.07) is 2.55. The smallest absolute Gasteiger partial charge is 0.870 e. The molecule has 4 amide bonds. The third kappa shape index (κ3) is 29.8. The molecule has 0 spiro atoms. The predicted molar refractivity (Wildman–Crippen MR) is 298 cm³/mol. The third-order valence-corrected chi connectivity index (χ3v) is 14.0. The van der Waals surface area contributed by atoms with Crippen LogP contribution in [-0.4, -0.2) is 279 Å². The number of nitrogens with zero attached hydrogens (tertiary/aromatic N) is 5. The van der Waals surface area contributed by atoms with Crippen LogP contribution in [0.4, 0.5) is 0 Å². The van der Waals surface area contributed by atoms with Crippen LogP contribution in [-0.2, 0) is 75.2 Å². The second-order valence-electron chi connectivity index (χ2n) is 20.3. The quantitative estimate of drug-likeness (QED) is 0.0171. The van der Waals surface area contributed by atoms with Gasteiger partial charge >= 0.3 is 37.7 Å². The van der Waals surface area contributed by atoms with Gasteiger partial charge in [-0.1, -0.05) is 30.3 Å². The fraction of sp³-hybridized carbons (Fsp3) is 0.593. The van der Waals surface area contributed by atoms with E-state index in [1.807, 2.05) is 4.90 Å². The monoisotopic (exact) mass is 1270 g/mol.